The van der Waals surface area contributed by atoms with E-state index in [1.165, 1.54) is 6.92 Å². The third-order valence-electron chi connectivity index (χ3n) is 1.68. The van der Waals surface area contributed by atoms with E-state index in [0.29, 0.717) is 5.56 Å². The van der Waals surface area contributed by atoms with Crippen LogP contribution in [0.5, 0.6) is 5.75 Å². The Balaban J connectivity index is 2.55. The molecule has 76 valence electrons. The second kappa shape index (κ2) is 4.62. The van der Waals surface area contributed by atoms with E-state index in [0.717, 1.165) is 5.56 Å². The van der Waals surface area contributed by atoms with Gasteiger partial charge in [-0.25, -0.2) is 5.48 Å². The second-order valence-corrected chi connectivity index (χ2v) is 3.08. The van der Waals surface area contributed by atoms with Crippen molar-refractivity contribution in [2.75, 3.05) is 0 Å². The van der Waals surface area contributed by atoms with E-state index in [9.17, 15) is 9.90 Å². The Hall–Kier alpha value is -1.55. The maximum atomic E-state index is 10.5. The summed E-state index contributed by atoms with van der Waals surface area (Å²) < 4.78 is 0. The van der Waals surface area contributed by atoms with Crippen LogP contribution in [0.2, 0.25) is 0 Å². The van der Waals surface area contributed by atoms with Crippen molar-refractivity contribution in [3.05, 3.63) is 29.3 Å². The van der Waals surface area contributed by atoms with Gasteiger partial charge < -0.3 is 5.11 Å². The normalized spacial score (nSPS) is 9.86. The van der Waals surface area contributed by atoms with Crippen molar-refractivity contribution in [3.8, 4) is 5.75 Å². The molecule has 14 heavy (non-hydrogen) atoms. The molecule has 0 aromatic heterocycles. The highest BCUT2D eigenvalue weighted by atomic mass is 16.6. The first-order chi connectivity index (χ1) is 6.59. The average Bonchev–Trinajstić information content (AvgIpc) is 2.08. The van der Waals surface area contributed by atoms with Gasteiger partial charge in [-0.3, -0.25) is 9.63 Å². The van der Waals surface area contributed by atoms with Gasteiger partial charge in [-0.1, -0.05) is 12.1 Å². The maximum Gasteiger partial charge on any atom is 0.240 e. The molecule has 1 rings (SSSR count). The number of rotatable bonds is 3. The van der Waals surface area contributed by atoms with Crippen LogP contribution < -0.4 is 5.48 Å². The van der Waals surface area contributed by atoms with E-state index in [1.54, 1.807) is 12.1 Å². The van der Waals surface area contributed by atoms with Crippen LogP contribution in [-0.2, 0) is 16.2 Å². The number of nitrogens with one attached hydrogen (secondary N) is 1. The number of benzene rings is 1. The Bertz CT molecular complexity index is 336. The van der Waals surface area contributed by atoms with Gasteiger partial charge in [0.2, 0.25) is 5.91 Å². The molecule has 1 aromatic rings. The summed E-state index contributed by atoms with van der Waals surface area (Å²) in [6.07, 6.45) is 0. The third-order valence-corrected chi connectivity index (χ3v) is 1.68. The van der Waals surface area contributed by atoms with Crippen molar-refractivity contribution in [1.82, 2.24) is 5.48 Å². The molecule has 0 atom stereocenters. The van der Waals surface area contributed by atoms with Crippen LogP contribution in [0.4, 0.5) is 0 Å². The maximum absolute atomic E-state index is 10.5. The van der Waals surface area contributed by atoms with Gasteiger partial charge >= 0.3 is 0 Å². The second-order valence-electron chi connectivity index (χ2n) is 3.08. The number of phenolic OH excluding ortho intramolecular Hbond substituents is 1. The lowest BCUT2D eigenvalue weighted by molar-refractivity contribution is -0.132. The van der Waals surface area contributed by atoms with E-state index in [4.69, 9.17) is 4.84 Å². The van der Waals surface area contributed by atoms with E-state index in [1.807, 2.05) is 13.0 Å². The fraction of sp³-hybridized carbons (Fsp3) is 0.300. The van der Waals surface area contributed by atoms with Gasteiger partial charge in [-0.2, -0.15) is 0 Å². The lowest BCUT2D eigenvalue weighted by Crippen LogP contribution is -2.19. The van der Waals surface area contributed by atoms with Crippen LogP contribution >= 0.6 is 0 Å². The molecule has 4 nitrogen and oxygen atoms in total. The molecule has 0 aliphatic rings. The molecular weight excluding hydrogens is 182 g/mol. The van der Waals surface area contributed by atoms with Crippen LogP contribution in [0.1, 0.15) is 18.1 Å². The van der Waals surface area contributed by atoms with Crippen molar-refractivity contribution in [2.24, 2.45) is 0 Å². The van der Waals surface area contributed by atoms with E-state index < -0.39 is 0 Å². The van der Waals surface area contributed by atoms with Gasteiger partial charge in [0.15, 0.2) is 0 Å². The fourth-order valence-corrected chi connectivity index (χ4v) is 1.01. The Morgan fingerprint density at radius 2 is 2.29 bits per heavy atom. The summed E-state index contributed by atoms with van der Waals surface area (Å²) in [5, 5.41) is 9.46. The quantitative estimate of drug-likeness (QED) is 0.714. The number of aryl methyl sites for hydroxylation is 1. The Kier molecular flexibility index (Phi) is 3.48. The highest BCUT2D eigenvalue weighted by Crippen LogP contribution is 2.18. The minimum atomic E-state index is -0.267. The largest absolute Gasteiger partial charge is 0.508 e. The molecule has 2 N–H and O–H groups in total. The van der Waals surface area contributed by atoms with E-state index in [-0.39, 0.29) is 18.3 Å². The van der Waals surface area contributed by atoms with Crippen molar-refractivity contribution >= 4 is 5.91 Å². The SMILES string of the molecule is CC(=O)NOCc1ccc(C)cc1O. The van der Waals surface area contributed by atoms with Crippen molar-refractivity contribution < 1.29 is 14.7 Å². The number of amides is 1. The first-order valence-corrected chi connectivity index (χ1v) is 4.26. The molecule has 0 aliphatic heterocycles. The number of phenols is 1. The average molecular weight is 195 g/mol. The monoisotopic (exact) mass is 195 g/mol. The van der Waals surface area contributed by atoms with Crippen LogP contribution in [0, 0.1) is 6.92 Å². The van der Waals surface area contributed by atoms with Gasteiger partial charge in [0.1, 0.15) is 12.4 Å². The van der Waals surface area contributed by atoms with Gasteiger partial charge in [-0.05, 0) is 18.6 Å². The molecule has 0 heterocycles. The number of aromatic hydroxyl groups is 1. The van der Waals surface area contributed by atoms with E-state index >= 15 is 0 Å². The third kappa shape index (κ3) is 3.06. The summed E-state index contributed by atoms with van der Waals surface area (Å²) in [6, 6.07) is 5.27. The number of hydroxylamine groups is 1. The summed E-state index contributed by atoms with van der Waals surface area (Å²) in [6.45, 7) is 3.40. The summed E-state index contributed by atoms with van der Waals surface area (Å²) in [4.78, 5) is 15.3. The molecule has 1 aromatic carbocycles. The number of hydrogen-bond acceptors (Lipinski definition) is 3. The lowest BCUT2D eigenvalue weighted by atomic mass is 10.1. The van der Waals surface area contributed by atoms with Gasteiger partial charge in [-0.15, -0.1) is 0 Å². The van der Waals surface area contributed by atoms with Crippen LogP contribution in [0.3, 0.4) is 0 Å². The van der Waals surface area contributed by atoms with Crippen molar-refractivity contribution in [2.45, 2.75) is 20.5 Å². The van der Waals surface area contributed by atoms with Gasteiger partial charge in [0, 0.05) is 12.5 Å². The van der Waals surface area contributed by atoms with Gasteiger partial charge in [0.05, 0.1) is 0 Å². The highest BCUT2D eigenvalue weighted by Gasteiger charge is 2.01. The standard InChI is InChI=1S/C10H13NO3/c1-7-3-4-9(10(13)5-7)6-14-11-8(2)12/h3-5,13H,6H2,1-2H3,(H,11,12). The zero-order valence-corrected chi connectivity index (χ0v) is 8.20. The molecule has 0 saturated heterocycles. The Labute approximate surface area is 82.5 Å². The molecule has 0 aliphatic carbocycles. The molecule has 0 fully saturated rings. The zero-order valence-electron chi connectivity index (χ0n) is 8.20. The summed E-state index contributed by atoms with van der Waals surface area (Å²) in [5.41, 5.74) is 3.81. The zero-order chi connectivity index (χ0) is 10.6. The topological polar surface area (TPSA) is 58.6 Å². The molecule has 4 heteroatoms. The number of carbonyl (C=O) groups is 1. The van der Waals surface area contributed by atoms with Crippen LogP contribution in [0.25, 0.3) is 0 Å². The molecular formula is C10H13NO3. The molecule has 0 unspecified atom stereocenters. The van der Waals surface area contributed by atoms with Crippen LogP contribution in [0.15, 0.2) is 18.2 Å². The Morgan fingerprint density at radius 1 is 1.57 bits per heavy atom. The number of hydrogen-bond donors (Lipinski definition) is 2. The molecule has 0 bridgehead atoms. The van der Waals surface area contributed by atoms with Crippen molar-refractivity contribution in [3.63, 3.8) is 0 Å². The van der Waals surface area contributed by atoms with E-state index in [2.05, 4.69) is 5.48 Å². The first kappa shape index (κ1) is 10.5. The predicted molar refractivity (Wildman–Crippen MR) is 51.4 cm³/mol. The minimum Gasteiger partial charge on any atom is -0.508 e. The molecule has 0 radical (unpaired) electrons. The fourth-order valence-electron chi connectivity index (χ4n) is 1.01. The summed E-state index contributed by atoms with van der Waals surface area (Å²) in [5.74, 6) is -0.0908. The van der Waals surface area contributed by atoms with Crippen molar-refractivity contribution in [1.29, 1.82) is 0 Å². The molecule has 0 spiro atoms. The summed E-state index contributed by atoms with van der Waals surface area (Å²) in [7, 11) is 0. The highest BCUT2D eigenvalue weighted by molar-refractivity contribution is 5.71. The van der Waals surface area contributed by atoms with Gasteiger partial charge in [0.25, 0.3) is 0 Å². The first-order valence-electron chi connectivity index (χ1n) is 4.26. The smallest absolute Gasteiger partial charge is 0.240 e. The lowest BCUT2D eigenvalue weighted by Gasteiger charge is -2.06. The minimum absolute atomic E-state index is 0.158. The van der Waals surface area contributed by atoms with Crippen LogP contribution in [-0.4, -0.2) is 11.0 Å². The Morgan fingerprint density at radius 3 is 2.86 bits per heavy atom. The molecule has 0 saturated carbocycles. The molecule has 1 amide bonds. The summed E-state index contributed by atoms with van der Waals surface area (Å²) >= 11 is 0. The predicted octanol–water partition coefficient (Wildman–Crippen LogP) is 1.27. The number of carbonyl (C=O) groups excluding carboxylic acids is 1.